The van der Waals surface area contributed by atoms with E-state index in [0.717, 1.165) is 0 Å². The molecule has 0 aromatic heterocycles. The van der Waals surface area contributed by atoms with Crippen LogP contribution in [0.1, 0.15) is 18.5 Å². The third-order valence-corrected chi connectivity index (χ3v) is 1.55. The summed E-state index contributed by atoms with van der Waals surface area (Å²) < 4.78 is 0. The van der Waals surface area contributed by atoms with Gasteiger partial charge in [0.15, 0.2) is 0 Å². The van der Waals surface area contributed by atoms with Crippen molar-refractivity contribution in [2.45, 2.75) is 13.0 Å². The molecule has 1 aromatic rings. The van der Waals surface area contributed by atoms with E-state index in [1.165, 1.54) is 5.56 Å². The van der Waals surface area contributed by atoms with Crippen LogP contribution in [-0.4, -0.2) is 0 Å². The number of hydrogen-bond donors (Lipinski definition) is 1. The molecule has 1 N–H and O–H groups in total. The van der Waals surface area contributed by atoms with Gasteiger partial charge in [-0.15, -0.1) is 0 Å². The molecule has 0 saturated heterocycles. The van der Waals surface area contributed by atoms with Crippen LogP contribution in [-0.2, 0) is 0 Å². The second-order valence-corrected chi connectivity index (χ2v) is 2.30. The van der Waals surface area contributed by atoms with Gasteiger partial charge in [-0.25, -0.2) is 0 Å². The lowest BCUT2D eigenvalue weighted by Crippen LogP contribution is -2.09. The summed E-state index contributed by atoms with van der Waals surface area (Å²) in [5, 5.41) is 2.68. The zero-order valence-electron chi connectivity index (χ0n) is 6.04. The fourth-order valence-electron chi connectivity index (χ4n) is 0.838. The summed E-state index contributed by atoms with van der Waals surface area (Å²) in [4.78, 5) is 0. The molecule has 2 radical (unpaired) electrons. The van der Waals surface area contributed by atoms with Gasteiger partial charge in [-0.05, 0) is 12.5 Å². The molecule has 10 heavy (non-hydrogen) atoms. The van der Waals surface area contributed by atoms with Crippen molar-refractivity contribution in [3.8, 4) is 0 Å². The van der Waals surface area contributed by atoms with Gasteiger partial charge in [0.25, 0.3) is 0 Å². The number of nitrogens with one attached hydrogen (secondary N) is 1. The van der Waals surface area contributed by atoms with Gasteiger partial charge in [-0.2, -0.15) is 0 Å². The first-order valence-electron chi connectivity index (χ1n) is 3.35. The quantitative estimate of drug-likeness (QED) is 0.608. The number of hydrogen-bond acceptors (Lipinski definition) is 1. The lowest BCUT2D eigenvalue weighted by Gasteiger charge is -2.08. The van der Waals surface area contributed by atoms with E-state index in [-0.39, 0.29) is 6.04 Å². The van der Waals surface area contributed by atoms with E-state index < -0.39 is 0 Å². The molecule has 1 aromatic carbocycles. The summed E-state index contributed by atoms with van der Waals surface area (Å²) in [6.07, 6.45) is 0. The molecule has 0 spiro atoms. The molecule has 0 aliphatic rings. The summed E-state index contributed by atoms with van der Waals surface area (Å²) in [6.45, 7) is 2.02. The highest BCUT2D eigenvalue weighted by Gasteiger charge is 1.98. The van der Waals surface area contributed by atoms with Crippen LogP contribution in [0.2, 0.25) is 0 Å². The minimum Gasteiger partial charge on any atom is -0.304 e. The Balaban J connectivity index is 2.75. The Labute approximate surface area is 62.1 Å². The van der Waals surface area contributed by atoms with Crippen LogP contribution in [0.25, 0.3) is 0 Å². The highest BCUT2D eigenvalue weighted by Crippen LogP contribution is 2.09. The molecule has 1 atom stereocenters. The van der Waals surface area contributed by atoms with Crippen molar-refractivity contribution < 1.29 is 0 Å². The van der Waals surface area contributed by atoms with Crippen molar-refractivity contribution >= 4 is 0 Å². The Bertz CT molecular complexity index is 181. The molecule has 0 fully saturated rings. The Morgan fingerprint density at radius 1 is 1.30 bits per heavy atom. The van der Waals surface area contributed by atoms with Gasteiger partial charge < -0.3 is 5.32 Å². The van der Waals surface area contributed by atoms with Crippen molar-refractivity contribution in [3.05, 3.63) is 42.9 Å². The fraction of sp³-hybridized carbons (Fsp3) is 0.222. The summed E-state index contributed by atoms with van der Waals surface area (Å²) >= 11 is 0. The van der Waals surface area contributed by atoms with E-state index in [0.29, 0.717) is 0 Å². The molecule has 0 heterocycles. The standard InChI is InChI=1S/C9H11N/c1-8(10-2)9-6-4-3-5-7-9/h2-8,10H,1H3. The predicted molar refractivity (Wildman–Crippen MR) is 42.3 cm³/mol. The lowest BCUT2D eigenvalue weighted by atomic mass is 10.1. The average molecular weight is 133 g/mol. The predicted octanol–water partition coefficient (Wildman–Crippen LogP) is 2.01. The minimum atomic E-state index is 0.237. The van der Waals surface area contributed by atoms with Crippen molar-refractivity contribution in [3.63, 3.8) is 0 Å². The summed E-state index contributed by atoms with van der Waals surface area (Å²) in [6, 6.07) is 10.3. The topological polar surface area (TPSA) is 12.0 Å². The number of benzene rings is 1. The lowest BCUT2D eigenvalue weighted by molar-refractivity contribution is 0.683. The highest BCUT2D eigenvalue weighted by atomic mass is 14.8. The summed E-state index contributed by atoms with van der Waals surface area (Å²) in [5.41, 5.74) is 1.21. The SMILES string of the molecule is [CH]NC(C)c1ccccc1. The van der Waals surface area contributed by atoms with Crippen LogP contribution in [0.4, 0.5) is 0 Å². The van der Waals surface area contributed by atoms with Gasteiger partial charge >= 0.3 is 0 Å². The first kappa shape index (κ1) is 7.29. The average Bonchev–Trinajstić information content (AvgIpc) is 2.05. The second-order valence-electron chi connectivity index (χ2n) is 2.30. The van der Waals surface area contributed by atoms with Crippen molar-refractivity contribution in [1.82, 2.24) is 5.32 Å². The van der Waals surface area contributed by atoms with Crippen molar-refractivity contribution in [2.24, 2.45) is 0 Å². The molecular formula is C9H11N. The van der Waals surface area contributed by atoms with E-state index in [4.69, 9.17) is 7.05 Å². The first-order chi connectivity index (χ1) is 4.84. The molecular weight excluding hydrogens is 122 g/mol. The molecule has 1 nitrogen and oxygen atoms in total. The minimum absolute atomic E-state index is 0.237. The normalized spacial score (nSPS) is 13.0. The maximum Gasteiger partial charge on any atom is 0.0412 e. The molecule has 0 aliphatic carbocycles. The van der Waals surface area contributed by atoms with E-state index in [1.807, 2.05) is 37.3 Å². The summed E-state index contributed by atoms with van der Waals surface area (Å²) in [5.74, 6) is 0. The van der Waals surface area contributed by atoms with Crippen molar-refractivity contribution in [1.29, 1.82) is 0 Å². The van der Waals surface area contributed by atoms with Crippen LogP contribution in [0.15, 0.2) is 30.3 Å². The first-order valence-corrected chi connectivity index (χ1v) is 3.35. The van der Waals surface area contributed by atoms with Crippen LogP contribution >= 0.6 is 0 Å². The molecule has 0 aliphatic heterocycles. The van der Waals surface area contributed by atoms with Gasteiger partial charge in [0.2, 0.25) is 0 Å². The Morgan fingerprint density at radius 2 is 1.90 bits per heavy atom. The molecule has 0 bridgehead atoms. The molecule has 52 valence electrons. The third kappa shape index (κ3) is 1.58. The van der Waals surface area contributed by atoms with Gasteiger partial charge in [-0.3, -0.25) is 0 Å². The largest absolute Gasteiger partial charge is 0.304 e. The van der Waals surface area contributed by atoms with Crippen LogP contribution < -0.4 is 5.32 Å². The van der Waals surface area contributed by atoms with E-state index in [1.54, 1.807) is 0 Å². The number of rotatable bonds is 2. The maximum atomic E-state index is 5.25. The second kappa shape index (κ2) is 3.37. The third-order valence-electron chi connectivity index (χ3n) is 1.55. The zero-order chi connectivity index (χ0) is 7.40. The van der Waals surface area contributed by atoms with E-state index >= 15 is 0 Å². The van der Waals surface area contributed by atoms with E-state index in [9.17, 15) is 0 Å². The van der Waals surface area contributed by atoms with Crippen LogP contribution in [0, 0.1) is 7.05 Å². The monoisotopic (exact) mass is 133 g/mol. The fourth-order valence-corrected chi connectivity index (χ4v) is 0.838. The maximum absolute atomic E-state index is 5.25. The van der Waals surface area contributed by atoms with Gasteiger partial charge in [0.1, 0.15) is 0 Å². The van der Waals surface area contributed by atoms with Crippen LogP contribution in [0.5, 0.6) is 0 Å². The van der Waals surface area contributed by atoms with Crippen LogP contribution in [0.3, 0.4) is 0 Å². The van der Waals surface area contributed by atoms with E-state index in [2.05, 4.69) is 5.32 Å². The van der Waals surface area contributed by atoms with Gasteiger partial charge in [0.05, 0.1) is 0 Å². The Hall–Kier alpha value is -0.820. The smallest absolute Gasteiger partial charge is 0.0412 e. The molecule has 0 saturated carbocycles. The van der Waals surface area contributed by atoms with Gasteiger partial charge in [-0.1, -0.05) is 30.3 Å². The van der Waals surface area contributed by atoms with Crippen molar-refractivity contribution in [2.75, 3.05) is 0 Å². The Morgan fingerprint density at radius 3 is 2.40 bits per heavy atom. The van der Waals surface area contributed by atoms with Gasteiger partial charge in [0, 0.05) is 13.1 Å². The molecule has 0 amide bonds. The summed E-state index contributed by atoms with van der Waals surface area (Å²) in [7, 11) is 5.25. The molecule has 1 heteroatoms. The molecule has 1 rings (SSSR count). The zero-order valence-corrected chi connectivity index (χ0v) is 6.04. The Kier molecular flexibility index (Phi) is 2.46. The molecule has 1 unspecified atom stereocenters. The highest BCUT2D eigenvalue weighted by molar-refractivity contribution is 5.17.